The Kier molecular flexibility index (Phi) is 5.20. The second kappa shape index (κ2) is 6.65. The van der Waals surface area contributed by atoms with Crippen molar-refractivity contribution in [2.45, 2.75) is 6.04 Å². The van der Waals surface area contributed by atoms with Crippen LogP contribution < -0.4 is 11.1 Å². The smallest absolute Gasteiger partial charge is 0.376 e. The molecule has 0 bridgehead atoms. The molecule has 0 aromatic heterocycles. The van der Waals surface area contributed by atoms with Crippen LogP contribution in [0.5, 0.6) is 0 Å². The van der Waals surface area contributed by atoms with Crippen LogP contribution in [0.25, 0.3) is 0 Å². The maximum atomic E-state index is 11.8. The van der Waals surface area contributed by atoms with Gasteiger partial charge in [0.25, 0.3) is 5.78 Å². The van der Waals surface area contributed by atoms with Crippen molar-refractivity contribution in [3.05, 3.63) is 35.4 Å². The van der Waals surface area contributed by atoms with Crippen LogP contribution in [0, 0.1) is 0 Å². The monoisotopic (exact) mass is 263 g/mol. The van der Waals surface area contributed by atoms with E-state index in [-0.39, 0.29) is 0 Å². The van der Waals surface area contributed by atoms with Crippen LogP contribution in [0.15, 0.2) is 29.3 Å². The van der Waals surface area contributed by atoms with Crippen LogP contribution in [0.1, 0.15) is 17.2 Å². The predicted molar refractivity (Wildman–Crippen MR) is 71.9 cm³/mol. The van der Waals surface area contributed by atoms with Crippen LogP contribution in [0.2, 0.25) is 0 Å². The van der Waals surface area contributed by atoms with Crippen molar-refractivity contribution in [2.24, 2.45) is 10.7 Å². The average Bonchev–Trinajstić information content (AvgIpc) is 2.46. The summed E-state index contributed by atoms with van der Waals surface area (Å²) in [4.78, 5) is 26.9. The van der Waals surface area contributed by atoms with E-state index in [0.717, 1.165) is 5.56 Å². The lowest BCUT2D eigenvalue weighted by Crippen LogP contribution is -2.31. The molecule has 6 heteroatoms. The summed E-state index contributed by atoms with van der Waals surface area (Å²) in [6.45, 7) is 0. The molecule has 1 aromatic carbocycles. The molecule has 1 aromatic rings. The number of benzene rings is 1. The number of aliphatic imine (C=N–C) groups is 1. The minimum atomic E-state index is -0.877. The molecule has 0 saturated heterocycles. The number of ether oxygens (including phenoxy) is 1. The number of nitrogens with one attached hydrogen (secondary N) is 1. The maximum Gasteiger partial charge on any atom is 0.376 e. The molecule has 0 spiro atoms. The lowest BCUT2D eigenvalue weighted by molar-refractivity contribution is -0.152. The number of likely N-dealkylation sites (N-methyl/N-ethyl adjacent to an activating group) is 1. The Balaban J connectivity index is 3.01. The standard InChI is InChI=1S/C13H17N3O3/c1-15-10(11(17)13(18)19-3)8-4-6-9(7-5-8)12(14)16-2/h4-7,10,15H,1-3H3,(H2,14,16). The molecule has 1 unspecified atom stereocenters. The minimum absolute atomic E-state index is 0.409. The number of hydrogen-bond acceptors (Lipinski definition) is 5. The van der Waals surface area contributed by atoms with Gasteiger partial charge in [-0.05, 0) is 12.6 Å². The van der Waals surface area contributed by atoms with Crippen molar-refractivity contribution >= 4 is 17.6 Å². The highest BCUT2D eigenvalue weighted by atomic mass is 16.5. The van der Waals surface area contributed by atoms with Gasteiger partial charge in [0.2, 0.25) is 0 Å². The van der Waals surface area contributed by atoms with E-state index < -0.39 is 17.8 Å². The molecule has 19 heavy (non-hydrogen) atoms. The third-order valence-corrected chi connectivity index (χ3v) is 2.72. The summed E-state index contributed by atoms with van der Waals surface area (Å²) in [6.07, 6.45) is 0. The lowest BCUT2D eigenvalue weighted by atomic mass is 10.0. The fourth-order valence-corrected chi connectivity index (χ4v) is 1.64. The predicted octanol–water partition coefficient (Wildman–Crippen LogP) is 0.0243. The van der Waals surface area contributed by atoms with E-state index in [9.17, 15) is 9.59 Å². The number of Topliss-reactive ketones (excluding diaryl/α,β-unsaturated/α-hetero) is 1. The molecule has 6 nitrogen and oxygen atoms in total. The van der Waals surface area contributed by atoms with Crippen LogP contribution in [-0.2, 0) is 14.3 Å². The maximum absolute atomic E-state index is 11.8. The first-order chi connectivity index (χ1) is 9.04. The second-order valence-electron chi connectivity index (χ2n) is 3.81. The summed E-state index contributed by atoms with van der Waals surface area (Å²) in [5, 5.41) is 2.78. The summed E-state index contributed by atoms with van der Waals surface area (Å²) >= 11 is 0. The van der Waals surface area contributed by atoms with Gasteiger partial charge < -0.3 is 15.8 Å². The number of nitrogens with zero attached hydrogens (tertiary/aromatic N) is 1. The Morgan fingerprint density at radius 1 is 1.32 bits per heavy atom. The van der Waals surface area contributed by atoms with Crippen molar-refractivity contribution < 1.29 is 14.3 Å². The lowest BCUT2D eigenvalue weighted by Gasteiger charge is -2.14. The third-order valence-electron chi connectivity index (χ3n) is 2.72. The number of carbonyl (C=O) groups is 2. The number of amidine groups is 1. The van der Waals surface area contributed by atoms with Crippen molar-refractivity contribution in [1.82, 2.24) is 5.32 Å². The second-order valence-corrected chi connectivity index (χ2v) is 3.81. The van der Waals surface area contributed by atoms with Crippen LogP contribution in [-0.4, -0.2) is 38.8 Å². The average molecular weight is 263 g/mol. The van der Waals surface area contributed by atoms with E-state index in [1.54, 1.807) is 38.4 Å². The number of hydrogen-bond donors (Lipinski definition) is 2. The molecule has 3 N–H and O–H groups in total. The van der Waals surface area contributed by atoms with Crippen molar-refractivity contribution in [1.29, 1.82) is 0 Å². The van der Waals surface area contributed by atoms with Crippen molar-refractivity contribution in [3.63, 3.8) is 0 Å². The van der Waals surface area contributed by atoms with Gasteiger partial charge >= 0.3 is 5.97 Å². The van der Waals surface area contributed by atoms with Crippen LogP contribution in [0.4, 0.5) is 0 Å². The normalized spacial score (nSPS) is 12.9. The summed E-state index contributed by atoms with van der Waals surface area (Å²) in [6, 6.07) is 6.19. The summed E-state index contributed by atoms with van der Waals surface area (Å²) in [7, 11) is 4.37. The summed E-state index contributed by atoms with van der Waals surface area (Å²) in [5.41, 5.74) is 7.09. The Labute approximate surface area is 111 Å². The van der Waals surface area contributed by atoms with E-state index >= 15 is 0 Å². The number of nitrogens with two attached hydrogens (primary N) is 1. The number of esters is 1. The largest absolute Gasteiger partial charge is 0.463 e. The quantitative estimate of drug-likeness (QED) is 0.338. The van der Waals surface area contributed by atoms with E-state index in [1.807, 2.05) is 0 Å². The van der Waals surface area contributed by atoms with Crippen LogP contribution >= 0.6 is 0 Å². The zero-order chi connectivity index (χ0) is 14.4. The van der Waals surface area contributed by atoms with Gasteiger partial charge in [-0.25, -0.2) is 4.79 Å². The van der Waals surface area contributed by atoms with E-state index in [0.29, 0.717) is 11.4 Å². The number of carbonyl (C=O) groups excluding carboxylic acids is 2. The summed E-state index contributed by atoms with van der Waals surface area (Å²) < 4.78 is 4.43. The fraction of sp³-hybridized carbons (Fsp3) is 0.308. The van der Waals surface area contributed by atoms with E-state index in [4.69, 9.17) is 5.73 Å². The Morgan fingerprint density at radius 2 is 1.89 bits per heavy atom. The number of methoxy groups -OCH3 is 1. The van der Waals surface area contributed by atoms with E-state index in [1.165, 1.54) is 7.11 Å². The molecule has 0 fully saturated rings. The Morgan fingerprint density at radius 3 is 2.32 bits per heavy atom. The molecule has 0 radical (unpaired) electrons. The molecule has 1 atom stereocenters. The fourth-order valence-electron chi connectivity index (χ4n) is 1.64. The SMILES string of the molecule is CN=C(N)c1ccc(C(NC)C(=O)C(=O)OC)cc1. The molecular weight excluding hydrogens is 246 g/mol. The molecule has 102 valence electrons. The van der Waals surface area contributed by atoms with Gasteiger partial charge in [0.1, 0.15) is 11.9 Å². The molecule has 1 rings (SSSR count). The van der Waals surface area contributed by atoms with Gasteiger partial charge in [-0.1, -0.05) is 24.3 Å². The molecule has 0 aliphatic carbocycles. The number of ketones is 1. The topological polar surface area (TPSA) is 93.8 Å². The molecule has 0 saturated carbocycles. The molecule has 0 amide bonds. The Hall–Kier alpha value is -2.21. The highest BCUT2D eigenvalue weighted by molar-refractivity contribution is 6.35. The van der Waals surface area contributed by atoms with Crippen molar-refractivity contribution in [3.8, 4) is 0 Å². The first kappa shape index (κ1) is 14.8. The Bertz CT molecular complexity index is 494. The number of rotatable bonds is 5. The first-order valence-corrected chi connectivity index (χ1v) is 5.67. The van der Waals surface area contributed by atoms with Crippen molar-refractivity contribution in [2.75, 3.05) is 21.2 Å². The third kappa shape index (κ3) is 3.38. The van der Waals surface area contributed by atoms with Gasteiger partial charge in [0, 0.05) is 12.6 Å². The highest BCUT2D eigenvalue weighted by Crippen LogP contribution is 2.15. The van der Waals surface area contributed by atoms with Gasteiger partial charge in [-0.2, -0.15) is 0 Å². The first-order valence-electron chi connectivity index (χ1n) is 5.67. The van der Waals surface area contributed by atoms with Gasteiger partial charge in [-0.15, -0.1) is 0 Å². The van der Waals surface area contributed by atoms with Crippen LogP contribution in [0.3, 0.4) is 0 Å². The van der Waals surface area contributed by atoms with Gasteiger partial charge in [-0.3, -0.25) is 9.79 Å². The zero-order valence-corrected chi connectivity index (χ0v) is 11.1. The zero-order valence-electron chi connectivity index (χ0n) is 11.1. The van der Waals surface area contributed by atoms with E-state index in [2.05, 4.69) is 15.0 Å². The molecule has 0 heterocycles. The molecule has 0 aliphatic rings. The minimum Gasteiger partial charge on any atom is -0.463 e. The molecule has 0 aliphatic heterocycles. The van der Waals surface area contributed by atoms with Gasteiger partial charge in [0.05, 0.1) is 7.11 Å². The van der Waals surface area contributed by atoms with Gasteiger partial charge in [0.15, 0.2) is 0 Å². The highest BCUT2D eigenvalue weighted by Gasteiger charge is 2.26. The summed E-state index contributed by atoms with van der Waals surface area (Å²) in [5.74, 6) is -1.11. The molecular formula is C13H17N3O3.